The molecule has 1 aromatic carbocycles. The first-order valence-corrected chi connectivity index (χ1v) is 13.7. The molecule has 4 heterocycles. The van der Waals surface area contributed by atoms with Gasteiger partial charge < -0.3 is 20.1 Å². The van der Waals surface area contributed by atoms with Crippen LogP contribution in [0.15, 0.2) is 36.4 Å². The molecule has 204 valence electrons. The van der Waals surface area contributed by atoms with E-state index in [0.29, 0.717) is 26.1 Å². The molecule has 0 aromatic heterocycles. The number of carbonyl (C=O) groups excluding carboxylic acids is 1. The van der Waals surface area contributed by atoms with E-state index in [2.05, 4.69) is 43.3 Å². The molecule has 2 bridgehead atoms. The second kappa shape index (κ2) is 11.3. The number of likely N-dealkylation sites (N-methyl/N-ethyl adjacent to an activating group) is 1. The Morgan fingerprint density at radius 1 is 1.19 bits per heavy atom. The number of fused-ring (bicyclic) bond motifs is 6. The van der Waals surface area contributed by atoms with Gasteiger partial charge in [-0.05, 0) is 77.4 Å². The number of benzene rings is 1. The third-order valence-corrected chi connectivity index (χ3v) is 8.06. The minimum absolute atomic E-state index is 0.00264. The number of amides is 1. The summed E-state index contributed by atoms with van der Waals surface area (Å²) in [6.45, 7) is 4.59. The van der Waals surface area contributed by atoms with Gasteiger partial charge >= 0.3 is 0 Å². The smallest absolute Gasteiger partial charge is 0.244 e. The van der Waals surface area contributed by atoms with Crippen LogP contribution in [0.2, 0.25) is 0 Å². The van der Waals surface area contributed by atoms with Crippen LogP contribution in [0.25, 0.3) is 0 Å². The fraction of sp³-hybridized carbons (Fsp3) is 0.667. The maximum atomic E-state index is 13.5. The molecule has 0 aliphatic carbocycles. The predicted octanol–water partition coefficient (Wildman–Crippen LogP) is 1.09. The lowest BCUT2D eigenvalue weighted by atomic mass is 9.85. The summed E-state index contributed by atoms with van der Waals surface area (Å²) in [5, 5.41) is 29.7. The molecule has 37 heavy (non-hydrogen) atoms. The second-order valence-electron chi connectivity index (χ2n) is 11.2. The Morgan fingerprint density at radius 2 is 2.00 bits per heavy atom. The Morgan fingerprint density at radius 3 is 2.78 bits per heavy atom. The molecule has 0 radical (unpaired) electrons. The molecule has 3 fully saturated rings. The van der Waals surface area contributed by atoms with Crippen molar-refractivity contribution in [1.82, 2.24) is 30.9 Å². The van der Waals surface area contributed by atoms with E-state index in [1.165, 1.54) is 0 Å². The van der Waals surface area contributed by atoms with Gasteiger partial charge in [0.25, 0.3) is 0 Å². The first-order valence-electron chi connectivity index (χ1n) is 13.7. The molecule has 0 spiro atoms. The average Bonchev–Trinajstić information content (AvgIpc) is 3.14. The third-order valence-electron chi connectivity index (χ3n) is 8.06. The van der Waals surface area contributed by atoms with E-state index in [4.69, 9.17) is 4.74 Å². The first kappa shape index (κ1) is 26.4. The molecule has 5 N–H and O–H groups in total. The Kier molecular flexibility index (Phi) is 8.04. The summed E-state index contributed by atoms with van der Waals surface area (Å²) in [5.74, 6) is 0.811. The number of hydrogen-bond donors (Lipinski definition) is 5. The van der Waals surface area contributed by atoms with Gasteiger partial charge in [0.1, 0.15) is 18.6 Å². The number of hydrogen-bond acceptors (Lipinski definition) is 9. The van der Waals surface area contributed by atoms with Gasteiger partial charge in [0.15, 0.2) is 0 Å². The highest BCUT2D eigenvalue weighted by Gasteiger charge is 2.52. The van der Waals surface area contributed by atoms with Crippen LogP contribution in [0.4, 0.5) is 5.69 Å². The van der Waals surface area contributed by atoms with Crippen LogP contribution in [-0.2, 0) is 4.79 Å². The van der Waals surface area contributed by atoms with E-state index in [1.807, 2.05) is 50.3 Å². The lowest BCUT2D eigenvalue weighted by Gasteiger charge is -2.47. The third kappa shape index (κ3) is 5.94. The van der Waals surface area contributed by atoms with Crippen molar-refractivity contribution in [3.8, 4) is 5.75 Å². The number of nitrogens with one attached hydrogen (secondary N) is 4. The van der Waals surface area contributed by atoms with Gasteiger partial charge in [-0.1, -0.05) is 12.2 Å². The lowest BCUT2D eigenvalue weighted by Crippen LogP contribution is -2.69. The van der Waals surface area contributed by atoms with Gasteiger partial charge in [-0.2, -0.15) is 5.01 Å². The van der Waals surface area contributed by atoms with Crippen LogP contribution >= 0.6 is 0 Å². The highest BCUT2D eigenvalue weighted by Crippen LogP contribution is 2.34. The van der Waals surface area contributed by atoms with Crippen molar-refractivity contribution in [2.75, 3.05) is 45.7 Å². The van der Waals surface area contributed by atoms with E-state index in [9.17, 15) is 9.90 Å². The highest BCUT2D eigenvalue weighted by molar-refractivity contribution is 5.82. The monoisotopic (exact) mass is 513 g/mol. The average molecular weight is 514 g/mol. The fourth-order valence-electron chi connectivity index (χ4n) is 5.90. The van der Waals surface area contributed by atoms with Crippen molar-refractivity contribution in [1.29, 1.82) is 0 Å². The number of allylic oxidation sites excluding steroid dienone is 1. The van der Waals surface area contributed by atoms with Crippen LogP contribution in [-0.4, -0.2) is 96.5 Å². The summed E-state index contributed by atoms with van der Waals surface area (Å²) in [6.07, 6.45) is 8.23. The topological polar surface area (TPSA) is 104 Å². The quantitative estimate of drug-likeness (QED) is 0.358. The molecular weight excluding hydrogens is 470 g/mol. The second-order valence-corrected chi connectivity index (χ2v) is 11.2. The van der Waals surface area contributed by atoms with Crippen LogP contribution < -0.4 is 26.0 Å². The van der Waals surface area contributed by atoms with Crippen molar-refractivity contribution < 1.29 is 14.6 Å². The normalized spacial score (nSPS) is 35.4. The maximum absolute atomic E-state index is 13.5. The number of rotatable bonds is 6. The van der Waals surface area contributed by atoms with E-state index < -0.39 is 5.60 Å². The van der Waals surface area contributed by atoms with Crippen LogP contribution in [0, 0.1) is 5.92 Å². The summed E-state index contributed by atoms with van der Waals surface area (Å²) >= 11 is 0. The van der Waals surface area contributed by atoms with Gasteiger partial charge in [0.2, 0.25) is 5.91 Å². The fourth-order valence-corrected chi connectivity index (χ4v) is 5.90. The molecule has 10 heteroatoms. The van der Waals surface area contributed by atoms with E-state index in [0.717, 1.165) is 43.7 Å². The zero-order valence-electron chi connectivity index (χ0n) is 22.3. The van der Waals surface area contributed by atoms with Crippen molar-refractivity contribution in [2.45, 2.75) is 69.3 Å². The van der Waals surface area contributed by atoms with E-state index in [-0.39, 0.29) is 36.5 Å². The molecule has 4 aliphatic rings. The zero-order valence-corrected chi connectivity index (χ0v) is 22.3. The standard InChI is InChI=1S/C27H43N7O3/c1-27(36)14-5-4-6-15-33-25(35)21-18-28-26(31-24(21)34(33)23-9-7-8-22(27)30-23)29-19-10-12-20(13-11-19)37-17-16-32(2)3/h4,6,10-13,21-24,26,28-31,36H,5,7-9,14-18H2,1-3H3/b6-4-. The number of carbonyl (C=O) groups is 1. The van der Waals surface area contributed by atoms with E-state index >= 15 is 0 Å². The van der Waals surface area contributed by atoms with Crippen LogP contribution in [0.1, 0.15) is 39.0 Å². The Hall–Kier alpha value is -2.21. The van der Waals surface area contributed by atoms with Crippen molar-refractivity contribution in [2.24, 2.45) is 5.92 Å². The zero-order chi connectivity index (χ0) is 26.0. The summed E-state index contributed by atoms with van der Waals surface area (Å²) in [5.41, 5.74) is 0.187. The molecule has 3 saturated heterocycles. The summed E-state index contributed by atoms with van der Waals surface area (Å²) in [4.78, 5) is 15.6. The van der Waals surface area contributed by atoms with Gasteiger partial charge in [-0.15, -0.1) is 0 Å². The number of aliphatic hydroxyl groups is 1. The maximum Gasteiger partial charge on any atom is 0.244 e. The highest BCUT2D eigenvalue weighted by atomic mass is 16.5. The SMILES string of the molecule is CN(C)CCOc1ccc(NC2NCC3C(=O)N4C/C=C\CCC(C)(O)C5CCCC(N5)N4C3N2)cc1. The van der Waals surface area contributed by atoms with E-state index in [1.54, 1.807) is 0 Å². The summed E-state index contributed by atoms with van der Waals surface area (Å²) < 4.78 is 5.81. The number of piperidine rings is 1. The predicted molar refractivity (Wildman–Crippen MR) is 143 cm³/mol. The number of anilines is 1. The summed E-state index contributed by atoms with van der Waals surface area (Å²) in [7, 11) is 4.06. The lowest BCUT2D eigenvalue weighted by molar-refractivity contribution is -0.146. The molecule has 10 nitrogen and oxygen atoms in total. The minimum atomic E-state index is -0.782. The van der Waals surface area contributed by atoms with Crippen LogP contribution in [0.5, 0.6) is 5.75 Å². The van der Waals surface area contributed by atoms with Crippen molar-refractivity contribution in [3.63, 3.8) is 0 Å². The Bertz CT molecular complexity index is 954. The molecule has 0 saturated carbocycles. The largest absolute Gasteiger partial charge is 0.492 e. The molecule has 1 aromatic rings. The molecular formula is C27H43N7O3. The molecule has 5 rings (SSSR count). The van der Waals surface area contributed by atoms with Gasteiger partial charge in [0.05, 0.1) is 30.4 Å². The van der Waals surface area contributed by atoms with Gasteiger partial charge in [-0.25, -0.2) is 0 Å². The number of hydrazine groups is 1. The Balaban J connectivity index is 1.28. The van der Waals surface area contributed by atoms with Gasteiger partial charge in [-0.3, -0.25) is 25.8 Å². The number of nitrogens with zero attached hydrogens (tertiary/aromatic N) is 3. The molecule has 6 atom stereocenters. The van der Waals surface area contributed by atoms with Crippen molar-refractivity contribution >= 4 is 11.6 Å². The first-order chi connectivity index (χ1) is 17.8. The van der Waals surface area contributed by atoms with Crippen molar-refractivity contribution in [3.05, 3.63) is 36.4 Å². The minimum Gasteiger partial charge on any atom is -0.492 e. The molecule has 1 amide bonds. The summed E-state index contributed by atoms with van der Waals surface area (Å²) in [6, 6.07) is 7.98. The molecule has 4 aliphatic heterocycles. The number of ether oxygens (including phenoxy) is 1. The van der Waals surface area contributed by atoms with Gasteiger partial charge in [0, 0.05) is 24.8 Å². The Labute approximate surface area is 220 Å². The van der Waals surface area contributed by atoms with Crippen LogP contribution in [0.3, 0.4) is 0 Å². The molecule has 6 unspecified atom stereocenters.